The predicted molar refractivity (Wildman–Crippen MR) is 181 cm³/mol. The third kappa shape index (κ3) is 4.53. The van der Waals surface area contributed by atoms with Crippen molar-refractivity contribution in [1.29, 1.82) is 0 Å². The van der Waals surface area contributed by atoms with E-state index in [1.807, 2.05) is 52.5 Å². The minimum absolute atomic E-state index is 0.749. The number of aromatic nitrogens is 12. The highest BCUT2D eigenvalue weighted by molar-refractivity contribution is 5.81. The lowest BCUT2D eigenvalue weighted by atomic mass is 10.1. The van der Waals surface area contributed by atoms with Crippen molar-refractivity contribution in [2.45, 2.75) is 27.7 Å². The van der Waals surface area contributed by atoms with E-state index in [-0.39, 0.29) is 0 Å². The summed E-state index contributed by atoms with van der Waals surface area (Å²) in [6.07, 6.45) is 7.38. The molecule has 0 saturated heterocycles. The van der Waals surface area contributed by atoms with Crippen LogP contribution in [0.3, 0.4) is 0 Å². The fourth-order valence-electron chi connectivity index (χ4n) is 6.51. The standard InChI is InChI=1S/C36H32N12/c1-17-13-37-33(41-17)29-21-5-7-23(45-21)30(34-38-14-18(2)42-34)25-9-11-27(47-25)32(36-40-16-20(4)44-36)28-12-10-26(48-28)31(24-8-6-22(29)46-24)35-39-15-19(3)43-35/h5-16,45-48H,1-4H3,(H,37,41)(H,38,42)(H,39,43)(H,40,44). The highest BCUT2D eigenvalue weighted by Crippen LogP contribution is 2.25. The van der Waals surface area contributed by atoms with Gasteiger partial charge >= 0.3 is 0 Å². The van der Waals surface area contributed by atoms with Crippen LogP contribution in [0.25, 0.3) is 22.3 Å². The summed E-state index contributed by atoms with van der Waals surface area (Å²) in [5, 5.41) is 3.57. The van der Waals surface area contributed by atoms with Crippen molar-refractivity contribution in [3.63, 3.8) is 0 Å². The Bertz CT molecular complexity index is 2370. The first-order valence-corrected chi connectivity index (χ1v) is 15.7. The molecule has 1 aliphatic heterocycles. The van der Waals surface area contributed by atoms with Gasteiger partial charge in [-0.25, -0.2) is 19.9 Å². The van der Waals surface area contributed by atoms with E-state index in [4.69, 9.17) is 19.9 Å². The molecule has 8 aromatic heterocycles. The molecule has 9 heterocycles. The summed E-state index contributed by atoms with van der Waals surface area (Å²) in [4.78, 5) is 47.6. The maximum Gasteiger partial charge on any atom is 0.141 e. The third-order valence-electron chi connectivity index (χ3n) is 8.66. The molecule has 0 unspecified atom stereocenters. The molecule has 48 heavy (non-hydrogen) atoms. The van der Waals surface area contributed by atoms with Gasteiger partial charge in [-0.05, 0) is 76.2 Å². The van der Waals surface area contributed by atoms with Gasteiger partial charge in [-0.3, -0.25) is 0 Å². The highest BCUT2D eigenvalue weighted by atomic mass is 15.0. The number of hydrogen-bond acceptors (Lipinski definition) is 4. The van der Waals surface area contributed by atoms with Crippen LogP contribution >= 0.6 is 0 Å². The first kappa shape index (κ1) is 27.7. The van der Waals surface area contributed by atoms with Gasteiger partial charge in [0.25, 0.3) is 0 Å². The Balaban J connectivity index is 1.44. The smallest absolute Gasteiger partial charge is 0.141 e. The average Bonchev–Trinajstić information content (AvgIpc) is 3.89. The van der Waals surface area contributed by atoms with Crippen LogP contribution < -0.4 is 21.4 Å². The van der Waals surface area contributed by atoms with E-state index in [2.05, 4.69) is 88.4 Å². The zero-order chi connectivity index (χ0) is 32.5. The zero-order valence-electron chi connectivity index (χ0n) is 26.7. The summed E-state index contributed by atoms with van der Waals surface area (Å²) in [6.45, 7) is 8.02. The van der Waals surface area contributed by atoms with Crippen molar-refractivity contribution in [2.24, 2.45) is 0 Å². The second-order valence-electron chi connectivity index (χ2n) is 12.3. The molecule has 0 atom stereocenters. The molecule has 0 radical (unpaired) electrons. The molecule has 12 nitrogen and oxygen atoms in total. The Labute approximate surface area is 273 Å². The summed E-state index contributed by atoms with van der Waals surface area (Å²) in [6, 6.07) is 16.7. The normalized spacial score (nSPS) is 13.2. The van der Waals surface area contributed by atoms with E-state index >= 15 is 0 Å². The van der Waals surface area contributed by atoms with Gasteiger partial charge in [0.05, 0.1) is 66.5 Å². The van der Waals surface area contributed by atoms with Crippen molar-refractivity contribution in [2.75, 3.05) is 0 Å². The monoisotopic (exact) mass is 632 g/mol. The Hall–Kier alpha value is -6.56. The third-order valence-corrected chi connectivity index (χ3v) is 8.66. The van der Waals surface area contributed by atoms with E-state index in [9.17, 15) is 0 Å². The lowest BCUT2D eigenvalue weighted by Gasteiger charge is -2.06. The van der Waals surface area contributed by atoms with Gasteiger partial charge in [0, 0.05) is 47.6 Å². The summed E-state index contributed by atoms with van der Waals surface area (Å²) in [5.41, 5.74) is 11.1. The fraction of sp³-hybridized carbons (Fsp3) is 0.111. The molecule has 0 saturated carbocycles. The van der Waals surface area contributed by atoms with Crippen LogP contribution in [-0.2, 0) is 0 Å². The lowest BCUT2D eigenvalue weighted by molar-refractivity contribution is 1.12. The van der Waals surface area contributed by atoms with Gasteiger partial charge in [0.15, 0.2) is 0 Å². The molecule has 0 spiro atoms. The molecule has 8 N–H and O–H groups in total. The van der Waals surface area contributed by atoms with Gasteiger partial charge in [0.1, 0.15) is 23.3 Å². The van der Waals surface area contributed by atoms with E-state index in [0.29, 0.717) is 0 Å². The average molecular weight is 633 g/mol. The first-order valence-electron chi connectivity index (χ1n) is 15.7. The van der Waals surface area contributed by atoms with Gasteiger partial charge in [-0.2, -0.15) is 0 Å². The van der Waals surface area contributed by atoms with Crippen LogP contribution in [-0.4, -0.2) is 59.8 Å². The molecular formula is C36H32N12. The summed E-state index contributed by atoms with van der Waals surface area (Å²) >= 11 is 0. The molecule has 0 amide bonds. The van der Waals surface area contributed by atoms with Gasteiger partial charge in [0.2, 0.25) is 0 Å². The quantitative estimate of drug-likeness (QED) is 0.149. The lowest BCUT2D eigenvalue weighted by Crippen LogP contribution is -2.20. The zero-order valence-corrected chi connectivity index (χ0v) is 26.7. The molecule has 0 aromatic carbocycles. The summed E-state index contributed by atoms with van der Waals surface area (Å²) in [5.74, 6) is 2.99. The topological polar surface area (TPSA) is 178 Å². The van der Waals surface area contributed by atoms with E-state index in [1.165, 1.54) is 0 Å². The molecule has 0 aliphatic carbocycles. The number of aryl methyl sites for hydroxylation is 4. The van der Waals surface area contributed by atoms with Crippen LogP contribution in [0.2, 0.25) is 0 Å². The minimum atomic E-state index is 0.749. The Morgan fingerprint density at radius 3 is 0.771 bits per heavy atom. The maximum absolute atomic E-state index is 4.75. The second kappa shape index (κ2) is 10.5. The molecule has 12 heteroatoms. The largest absolute Gasteiger partial charge is 0.354 e. The number of nitrogens with one attached hydrogen (secondary N) is 8. The number of rotatable bonds is 4. The number of imidazole rings is 4. The van der Waals surface area contributed by atoms with Gasteiger partial charge < -0.3 is 39.9 Å². The molecule has 236 valence electrons. The van der Waals surface area contributed by atoms with Gasteiger partial charge in [-0.1, -0.05) is 0 Å². The minimum Gasteiger partial charge on any atom is -0.354 e. The summed E-state index contributed by atoms with van der Waals surface area (Å²) < 4.78 is 0. The molecule has 1 aliphatic rings. The number of aromatic amines is 8. The predicted octanol–water partition coefficient (Wildman–Crippen LogP) is 2.43. The van der Waals surface area contributed by atoms with Crippen molar-refractivity contribution >= 4 is 22.3 Å². The Morgan fingerprint density at radius 1 is 0.312 bits per heavy atom. The van der Waals surface area contributed by atoms with Crippen molar-refractivity contribution in [3.05, 3.63) is 164 Å². The fourth-order valence-corrected chi connectivity index (χ4v) is 6.51. The van der Waals surface area contributed by atoms with Crippen LogP contribution in [0.15, 0.2) is 73.3 Å². The van der Waals surface area contributed by atoms with E-state index < -0.39 is 0 Å². The molecular weight excluding hydrogens is 600 g/mol. The Kier molecular flexibility index (Phi) is 6.06. The van der Waals surface area contributed by atoms with Crippen molar-refractivity contribution < 1.29 is 0 Å². The van der Waals surface area contributed by atoms with Crippen LogP contribution in [0, 0.1) is 27.7 Å². The van der Waals surface area contributed by atoms with Crippen molar-refractivity contribution in [3.8, 4) is 0 Å². The second-order valence-corrected chi connectivity index (χ2v) is 12.3. The number of H-pyrrole nitrogens is 8. The highest BCUT2D eigenvalue weighted by Gasteiger charge is 2.21. The molecule has 9 rings (SSSR count). The van der Waals surface area contributed by atoms with Crippen LogP contribution in [0.5, 0.6) is 0 Å². The van der Waals surface area contributed by atoms with Crippen molar-refractivity contribution in [1.82, 2.24) is 59.8 Å². The van der Waals surface area contributed by atoms with Gasteiger partial charge in [-0.15, -0.1) is 0 Å². The Morgan fingerprint density at radius 2 is 0.562 bits per heavy atom. The van der Waals surface area contributed by atoms with Crippen LogP contribution in [0.1, 0.15) is 68.8 Å². The van der Waals surface area contributed by atoms with Crippen LogP contribution in [0.4, 0.5) is 0 Å². The van der Waals surface area contributed by atoms with E-state index in [0.717, 1.165) is 113 Å². The molecule has 0 fully saturated rings. The molecule has 8 aromatic rings. The summed E-state index contributed by atoms with van der Waals surface area (Å²) in [7, 11) is 0. The SMILES string of the molecule is Cc1cnc(C2=c3ccc([nH]3)=C(c3ncc(C)[nH]3)c3ccc([nH]3)C(c3ncc(C)[nH]3)=c3ccc([nH]3)=C(c3ncc(C)[nH]3)c3ccc2[nH]3)[nH]1. The van der Waals surface area contributed by atoms with E-state index in [1.54, 1.807) is 0 Å². The number of nitrogens with zero attached hydrogens (tertiary/aromatic N) is 4. The number of hydrogen-bond donors (Lipinski definition) is 8. The maximum atomic E-state index is 4.75. The number of fused-ring (bicyclic) bond motifs is 8. The molecule has 8 bridgehead atoms. The first-order chi connectivity index (χ1) is 23.4.